The second kappa shape index (κ2) is 67.8. The summed E-state index contributed by atoms with van der Waals surface area (Å²) in [4.78, 5) is 38.4. The molecule has 0 aliphatic carbocycles. The summed E-state index contributed by atoms with van der Waals surface area (Å²) >= 11 is 0. The highest BCUT2D eigenvalue weighted by Crippen LogP contribution is 2.16. The Bertz CT molecular complexity index is 1560. The van der Waals surface area contributed by atoms with Crippen LogP contribution in [0.5, 0.6) is 0 Å². The summed E-state index contributed by atoms with van der Waals surface area (Å²) in [5, 5.41) is 0. The van der Waals surface area contributed by atoms with E-state index in [1.54, 1.807) is 0 Å². The van der Waals surface area contributed by atoms with Gasteiger partial charge in [0.05, 0.1) is 0 Å². The molecule has 0 saturated heterocycles. The van der Waals surface area contributed by atoms with Crippen molar-refractivity contribution in [1.82, 2.24) is 0 Å². The van der Waals surface area contributed by atoms with Crippen LogP contribution in [0.15, 0.2) is 97.2 Å². The first kappa shape index (κ1) is 76.3. The van der Waals surface area contributed by atoms with Crippen LogP contribution in [-0.2, 0) is 28.6 Å². The van der Waals surface area contributed by atoms with Crippen molar-refractivity contribution in [3.8, 4) is 0 Å². The van der Waals surface area contributed by atoms with Crippen molar-refractivity contribution >= 4 is 17.9 Å². The Labute approximate surface area is 496 Å². The van der Waals surface area contributed by atoms with Crippen molar-refractivity contribution in [1.29, 1.82) is 0 Å². The van der Waals surface area contributed by atoms with Gasteiger partial charge in [-0.1, -0.05) is 291 Å². The molecular weight excluding hydrogens is 985 g/mol. The molecule has 0 rings (SSSR count). The quantitative estimate of drug-likeness (QED) is 0.0261. The molecule has 6 heteroatoms. The maximum atomic E-state index is 12.9. The Morgan fingerprint density at radius 3 is 0.738 bits per heavy atom. The lowest BCUT2D eigenvalue weighted by Gasteiger charge is -2.18. The number of ether oxygens (including phenoxy) is 3. The lowest BCUT2D eigenvalue weighted by molar-refractivity contribution is -0.167. The average Bonchev–Trinajstić information content (AvgIpc) is 3.46. The fraction of sp³-hybridized carbons (Fsp3) is 0.743. The molecular formula is C74H128O6. The van der Waals surface area contributed by atoms with E-state index in [1.807, 2.05) is 0 Å². The van der Waals surface area contributed by atoms with Crippen molar-refractivity contribution in [3.05, 3.63) is 97.2 Å². The lowest BCUT2D eigenvalue weighted by Crippen LogP contribution is -2.30. The van der Waals surface area contributed by atoms with Gasteiger partial charge >= 0.3 is 17.9 Å². The minimum absolute atomic E-state index is 0.0867. The van der Waals surface area contributed by atoms with Gasteiger partial charge in [0.2, 0.25) is 0 Å². The van der Waals surface area contributed by atoms with E-state index in [4.69, 9.17) is 14.2 Å². The molecule has 0 spiro atoms. The van der Waals surface area contributed by atoms with Gasteiger partial charge in [0.25, 0.3) is 0 Å². The molecule has 0 fully saturated rings. The first-order chi connectivity index (χ1) is 39.5. The standard InChI is InChI=1S/C74H128O6/c1-4-7-10-13-16-19-22-25-28-30-32-34-36-37-39-40-42-44-46-49-52-55-58-61-64-67-73(76)79-70-71(69-78-72(75)66-63-60-57-54-51-48-27-24-21-18-15-12-9-6-3)80-74(77)68-65-62-59-56-53-50-47-45-43-41-38-35-33-31-29-26-23-20-17-14-11-8-5-2/h15,18,22-27,30-33,36-38,41,71H,4-14,16-17,19-21,28-29,34-35,39-40,42-70H2,1-3H3/b18-15-,25-22-,26-23-,27-24-,32-30-,33-31-,37-36-,41-38-. The number of unbranched alkanes of at least 4 members (excludes halogenated alkanes) is 35. The maximum absolute atomic E-state index is 12.9. The molecule has 0 aromatic carbocycles. The van der Waals surface area contributed by atoms with Crippen LogP contribution in [0.1, 0.15) is 335 Å². The number of esters is 3. The molecule has 0 radical (unpaired) electrons. The molecule has 0 bridgehead atoms. The Kier molecular flexibility index (Phi) is 64.7. The third-order valence-electron chi connectivity index (χ3n) is 14.8. The normalized spacial score (nSPS) is 12.7. The van der Waals surface area contributed by atoms with Gasteiger partial charge in [-0.25, -0.2) is 0 Å². The second-order valence-electron chi connectivity index (χ2n) is 22.7. The van der Waals surface area contributed by atoms with Crippen LogP contribution in [0, 0.1) is 0 Å². The third kappa shape index (κ3) is 65.1. The minimum Gasteiger partial charge on any atom is -0.462 e. The SMILES string of the molecule is CCCC/C=C\C/C=C\CCCCCCCC(=O)OCC(COC(=O)CCCCCCCCCCCC/C=C\C/C=C\C/C=C\CCCCCCC)OC(=O)CCCCCCCCCC/C=C\C/C=C\C/C=C\CCCCCCC. The summed E-state index contributed by atoms with van der Waals surface area (Å²) < 4.78 is 17.0. The topological polar surface area (TPSA) is 78.9 Å². The number of hydrogen-bond acceptors (Lipinski definition) is 6. The van der Waals surface area contributed by atoms with Crippen molar-refractivity contribution in [2.75, 3.05) is 13.2 Å². The van der Waals surface area contributed by atoms with E-state index < -0.39 is 6.10 Å². The van der Waals surface area contributed by atoms with Crippen molar-refractivity contribution < 1.29 is 28.6 Å². The van der Waals surface area contributed by atoms with E-state index in [-0.39, 0.29) is 31.1 Å². The lowest BCUT2D eigenvalue weighted by atomic mass is 10.1. The molecule has 0 N–H and O–H groups in total. The average molecular weight is 1110 g/mol. The van der Waals surface area contributed by atoms with Gasteiger partial charge < -0.3 is 14.2 Å². The molecule has 0 heterocycles. The molecule has 0 aromatic rings. The number of carbonyl (C=O) groups excluding carboxylic acids is 3. The van der Waals surface area contributed by atoms with Gasteiger partial charge in [0.15, 0.2) is 6.10 Å². The first-order valence-corrected chi connectivity index (χ1v) is 34.2. The summed E-state index contributed by atoms with van der Waals surface area (Å²) in [5.41, 5.74) is 0. The highest BCUT2D eigenvalue weighted by Gasteiger charge is 2.19. The van der Waals surface area contributed by atoms with E-state index in [9.17, 15) is 14.4 Å². The molecule has 0 aliphatic heterocycles. The molecule has 460 valence electrons. The highest BCUT2D eigenvalue weighted by molar-refractivity contribution is 5.71. The van der Waals surface area contributed by atoms with Crippen molar-refractivity contribution in [2.45, 2.75) is 341 Å². The largest absolute Gasteiger partial charge is 0.462 e. The molecule has 80 heavy (non-hydrogen) atoms. The summed E-state index contributed by atoms with van der Waals surface area (Å²) in [6, 6.07) is 0. The monoisotopic (exact) mass is 1110 g/mol. The third-order valence-corrected chi connectivity index (χ3v) is 14.8. The first-order valence-electron chi connectivity index (χ1n) is 34.2. The summed E-state index contributed by atoms with van der Waals surface area (Å²) in [6.07, 6.45) is 91.3. The molecule has 0 saturated carbocycles. The van der Waals surface area contributed by atoms with Crippen molar-refractivity contribution in [2.24, 2.45) is 0 Å². The van der Waals surface area contributed by atoms with Crippen LogP contribution in [0.4, 0.5) is 0 Å². The fourth-order valence-electron chi connectivity index (χ4n) is 9.59. The second-order valence-corrected chi connectivity index (χ2v) is 22.7. The number of allylic oxidation sites excluding steroid dienone is 16. The van der Waals surface area contributed by atoms with Crippen molar-refractivity contribution in [3.63, 3.8) is 0 Å². The molecule has 6 nitrogen and oxygen atoms in total. The Hall–Kier alpha value is -3.67. The van der Waals surface area contributed by atoms with E-state index in [1.165, 1.54) is 180 Å². The zero-order chi connectivity index (χ0) is 57.8. The van der Waals surface area contributed by atoms with Gasteiger partial charge in [-0.2, -0.15) is 0 Å². The number of carbonyl (C=O) groups is 3. The zero-order valence-corrected chi connectivity index (χ0v) is 52.8. The zero-order valence-electron chi connectivity index (χ0n) is 52.8. The minimum atomic E-state index is -0.792. The van der Waals surface area contributed by atoms with E-state index in [2.05, 4.69) is 118 Å². The van der Waals surface area contributed by atoms with Crippen LogP contribution >= 0.6 is 0 Å². The summed E-state index contributed by atoms with van der Waals surface area (Å²) in [6.45, 7) is 6.59. The molecule has 0 aromatic heterocycles. The van der Waals surface area contributed by atoms with E-state index in [0.29, 0.717) is 19.3 Å². The van der Waals surface area contributed by atoms with Crippen LogP contribution in [-0.4, -0.2) is 37.2 Å². The Morgan fingerprint density at radius 2 is 0.463 bits per heavy atom. The van der Waals surface area contributed by atoms with Crippen LogP contribution in [0.2, 0.25) is 0 Å². The van der Waals surface area contributed by atoms with Crippen LogP contribution in [0.3, 0.4) is 0 Å². The smallest absolute Gasteiger partial charge is 0.306 e. The summed E-state index contributed by atoms with van der Waals surface area (Å²) in [7, 11) is 0. The van der Waals surface area contributed by atoms with Crippen LogP contribution in [0.25, 0.3) is 0 Å². The van der Waals surface area contributed by atoms with Gasteiger partial charge in [-0.15, -0.1) is 0 Å². The van der Waals surface area contributed by atoms with Gasteiger partial charge in [-0.3, -0.25) is 14.4 Å². The van der Waals surface area contributed by atoms with Gasteiger partial charge in [0.1, 0.15) is 13.2 Å². The number of rotatable bonds is 62. The number of hydrogen-bond donors (Lipinski definition) is 0. The highest BCUT2D eigenvalue weighted by atomic mass is 16.6. The summed E-state index contributed by atoms with van der Waals surface area (Å²) in [5.74, 6) is -0.900. The maximum Gasteiger partial charge on any atom is 0.306 e. The molecule has 0 aliphatic rings. The molecule has 1 atom stereocenters. The van der Waals surface area contributed by atoms with E-state index >= 15 is 0 Å². The molecule has 0 amide bonds. The molecule has 1 unspecified atom stereocenters. The predicted octanol–water partition coefficient (Wildman–Crippen LogP) is 23.6. The Morgan fingerprint density at radius 1 is 0.250 bits per heavy atom. The van der Waals surface area contributed by atoms with Crippen LogP contribution < -0.4 is 0 Å². The van der Waals surface area contributed by atoms with Gasteiger partial charge in [0, 0.05) is 19.3 Å². The fourth-order valence-corrected chi connectivity index (χ4v) is 9.59. The Balaban J connectivity index is 4.36. The van der Waals surface area contributed by atoms with Gasteiger partial charge in [-0.05, 0) is 122 Å². The van der Waals surface area contributed by atoms with E-state index in [0.717, 1.165) is 116 Å². The predicted molar refractivity (Wildman–Crippen MR) is 348 cm³/mol.